The number of nitrogens with zero attached hydrogens (tertiary/aromatic N) is 2. The standard InChI is InChI=1S/C12H16ClN3S/c1-8(10-4-5-11(13)17-10)15-9(2)12-14-6-7-16(12)3/h4-9,15H,1-3H3. The molecule has 2 aromatic heterocycles. The van der Waals surface area contributed by atoms with Gasteiger partial charge in [-0.3, -0.25) is 0 Å². The predicted molar refractivity (Wildman–Crippen MR) is 72.5 cm³/mol. The smallest absolute Gasteiger partial charge is 0.125 e. The van der Waals surface area contributed by atoms with Crippen LogP contribution in [0.4, 0.5) is 0 Å². The van der Waals surface area contributed by atoms with Gasteiger partial charge in [0.1, 0.15) is 5.82 Å². The molecule has 0 saturated heterocycles. The van der Waals surface area contributed by atoms with Gasteiger partial charge < -0.3 is 9.88 Å². The van der Waals surface area contributed by atoms with Crippen molar-refractivity contribution in [2.24, 2.45) is 7.05 Å². The van der Waals surface area contributed by atoms with Crippen molar-refractivity contribution in [2.45, 2.75) is 25.9 Å². The van der Waals surface area contributed by atoms with Gasteiger partial charge in [-0.25, -0.2) is 4.98 Å². The largest absolute Gasteiger partial charge is 0.337 e. The van der Waals surface area contributed by atoms with Gasteiger partial charge in [-0.15, -0.1) is 11.3 Å². The molecule has 0 bridgehead atoms. The van der Waals surface area contributed by atoms with Crippen molar-refractivity contribution in [1.29, 1.82) is 0 Å². The number of thiophene rings is 1. The molecule has 3 nitrogen and oxygen atoms in total. The lowest BCUT2D eigenvalue weighted by Gasteiger charge is -2.18. The van der Waals surface area contributed by atoms with E-state index < -0.39 is 0 Å². The summed E-state index contributed by atoms with van der Waals surface area (Å²) in [5.74, 6) is 1.04. The maximum absolute atomic E-state index is 5.94. The van der Waals surface area contributed by atoms with Gasteiger partial charge in [0.15, 0.2) is 0 Å². The average molecular weight is 270 g/mol. The number of halogens is 1. The van der Waals surface area contributed by atoms with Crippen molar-refractivity contribution in [3.8, 4) is 0 Å². The highest BCUT2D eigenvalue weighted by Gasteiger charge is 2.15. The van der Waals surface area contributed by atoms with Crippen LogP contribution in [-0.4, -0.2) is 9.55 Å². The van der Waals surface area contributed by atoms with Gasteiger partial charge in [-0.1, -0.05) is 11.6 Å². The molecule has 92 valence electrons. The molecule has 0 spiro atoms. The van der Waals surface area contributed by atoms with Crippen molar-refractivity contribution in [1.82, 2.24) is 14.9 Å². The molecular weight excluding hydrogens is 254 g/mol. The molecule has 0 fully saturated rings. The minimum atomic E-state index is 0.214. The van der Waals surface area contributed by atoms with E-state index in [4.69, 9.17) is 11.6 Å². The zero-order chi connectivity index (χ0) is 12.4. The fourth-order valence-electron chi connectivity index (χ4n) is 1.89. The predicted octanol–water partition coefficient (Wildman–Crippen LogP) is 3.55. The molecule has 0 aliphatic rings. The van der Waals surface area contributed by atoms with Crippen LogP contribution in [0.15, 0.2) is 24.5 Å². The van der Waals surface area contributed by atoms with Crippen LogP contribution in [0.5, 0.6) is 0 Å². The van der Waals surface area contributed by atoms with E-state index in [1.807, 2.05) is 30.1 Å². The first-order valence-electron chi connectivity index (χ1n) is 5.56. The minimum absolute atomic E-state index is 0.214. The monoisotopic (exact) mass is 269 g/mol. The topological polar surface area (TPSA) is 29.9 Å². The second-order valence-electron chi connectivity index (χ2n) is 4.15. The number of nitrogens with one attached hydrogen (secondary N) is 1. The molecule has 0 amide bonds. The lowest BCUT2D eigenvalue weighted by molar-refractivity contribution is 0.471. The molecular formula is C12H16ClN3S. The highest BCUT2D eigenvalue weighted by Crippen LogP contribution is 2.28. The molecule has 5 heteroatoms. The number of aryl methyl sites for hydroxylation is 1. The summed E-state index contributed by atoms with van der Waals surface area (Å²) in [6, 6.07) is 4.49. The van der Waals surface area contributed by atoms with Gasteiger partial charge in [0.2, 0.25) is 0 Å². The van der Waals surface area contributed by atoms with E-state index in [-0.39, 0.29) is 12.1 Å². The number of hydrogen-bond donors (Lipinski definition) is 1. The normalized spacial score (nSPS) is 14.8. The first-order chi connectivity index (χ1) is 8.08. The average Bonchev–Trinajstić information content (AvgIpc) is 2.86. The Hall–Kier alpha value is -0.840. The molecule has 2 atom stereocenters. The quantitative estimate of drug-likeness (QED) is 0.920. The Labute approximate surface area is 110 Å². The summed E-state index contributed by atoms with van der Waals surface area (Å²) in [5.41, 5.74) is 0. The lowest BCUT2D eigenvalue weighted by Crippen LogP contribution is -2.24. The molecule has 2 aromatic rings. The Balaban J connectivity index is 2.04. The summed E-state index contributed by atoms with van der Waals surface area (Å²) in [6.45, 7) is 4.26. The second kappa shape index (κ2) is 5.21. The van der Waals surface area contributed by atoms with E-state index in [0.29, 0.717) is 0 Å². The lowest BCUT2D eigenvalue weighted by atomic mass is 10.2. The Kier molecular flexibility index (Phi) is 3.86. The number of imidazole rings is 1. The second-order valence-corrected chi connectivity index (χ2v) is 5.89. The minimum Gasteiger partial charge on any atom is -0.337 e. The van der Waals surface area contributed by atoms with Gasteiger partial charge in [-0.05, 0) is 26.0 Å². The van der Waals surface area contributed by atoms with Crippen LogP contribution in [0, 0.1) is 0 Å². The van der Waals surface area contributed by atoms with Crippen molar-refractivity contribution in [3.05, 3.63) is 39.6 Å². The SMILES string of the molecule is CC(NC(C)c1nccn1C)c1ccc(Cl)s1. The number of hydrogen-bond acceptors (Lipinski definition) is 3. The zero-order valence-corrected chi connectivity index (χ0v) is 11.7. The van der Waals surface area contributed by atoms with Crippen LogP contribution >= 0.6 is 22.9 Å². The fourth-order valence-corrected chi connectivity index (χ4v) is 2.96. The van der Waals surface area contributed by atoms with Gasteiger partial charge in [-0.2, -0.15) is 0 Å². The summed E-state index contributed by atoms with van der Waals surface area (Å²) >= 11 is 7.56. The molecule has 0 aliphatic heterocycles. The summed E-state index contributed by atoms with van der Waals surface area (Å²) in [6.07, 6.45) is 3.78. The van der Waals surface area contributed by atoms with E-state index in [0.717, 1.165) is 10.2 Å². The Morgan fingerprint density at radius 1 is 1.35 bits per heavy atom. The molecule has 0 saturated carbocycles. The third-order valence-electron chi connectivity index (χ3n) is 2.77. The fraction of sp³-hybridized carbons (Fsp3) is 0.417. The summed E-state index contributed by atoms with van der Waals surface area (Å²) in [4.78, 5) is 5.59. The van der Waals surface area contributed by atoms with E-state index >= 15 is 0 Å². The van der Waals surface area contributed by atoms with E-state index in [1.165, 1.54) is 4.88 Å². The van der Waals surface area contributed by atoms with Crippen LogP contribution < -0.4 is 5.32 Å². The molecule has 2 heterocycles. The van der Waals surface area contributed by atoms with Crippen molar-refractivity contribution in [3.63, 3.8) is 0 Å². The molecule has 17 heavy (non-hydrogen) atoms. The molecule has 0 aromatic carbocycles. The van der Waals surface area contributed by atoms with Gasteiger partial charge in [0, 0.05) is 30.4 Å². The summed E-state index contributed by atoms with van der Waals surface area (Å²) in [7, 11) is 2.01. The zero-order valence-electron chi connectivity index (χ0n) is 10.1. The highest BCUT2D eigenvalue weighted by molar-refractivity contribution is 7.16. The Bertz CT molecular complexity index is 491. The van der Waals surface area contributed by atoms with Gasteiger partial charge >= 0.3 is 0 Å². The Morgan fingerprint density at radius 2 is 2.12 bits per heavy atom. The molecule has 0 radical (unpaired) electrons. The summed E-state index contributed by atoms with van der Waals surface area (Å²) in [5, 5.41) is 3.52. The number of aromatic nitrogens is 2. The van der Waals surface area contributed by atoms with E-state index in [2.05, 4.69) is 30.2 Å². The molecule has 0 aliphatic carbocycles. The number of rotatable bonds is 4. The van der Waals surface area contributed by atoms with Crippen molar-refractivity contribution < 1.29 is 0 Å². The van der Waals surface area contributed by atoms with Crippen LogP contribution in [0.25, 0.3) is 0 Å². The van der Waals surface area contributed by atoms with Crippen molar-refractivity contribution in [2.75, 3.05) is 0 Å². The summed E-state index contributed by atoms with van der Waals surface area (Å²) < 4.78 is 2.87. The van der Waals surface area contributed by atoms with Gasteiger partial charge in [0.05, 0.1) is 10.4 Å². The first kappa shape index (κ1) is 12.6. The van der Waals surface area contributed by atoms with Crippen LogP contribution in [0.2, 0.25) is 4.34 Å². The van der Waals surface area contributed by atoms with Crippen LogP contribution in [0.1, 0.15) is 36.6 Å². The Morgan fingerprint density at radius 3 is 2.65 bits per heavy atom. The van der Waals surface area contributed by atoms with Crippen LogP contribution in [0.3, 0.4) is 0 Å². The van der Waals surface area contributed by atoms with Gasteiger partial charge in [0.25, 0.3) is 0 Å². The maximum Gasteiger partial charge on any atom is 0.125 e. The maximum atomic E-state index is 5.94. The highest BCUT2D eigenvalue weighted by atomic mass is 35.5. The first-order valence-corrected chi connectivity index (χ1v) is 6.76. The molecule has 1 N–H and O–H groups in total. The molecule has 2 unspecified atom stereocenters. The third-order valence-corrected chi connectivity index (χ3v) is 4.18. The van der Waals surface area contributed by atoms with E-state index in [9.17, 15) is 0 Å². The van der Waals surface area contributed by atoms with E-state index in [1.54, 1.807) is 11.3 Å². The third kappa shape index (κ3) is 2.89. The molecule has 2 rings (SSSR count). The van der Waals surface area contributed by atoms with Crippen molar-refractivity contribution >= 4 is 22.9 Å². The van der Waals surface area contributed by atoms with Crippen LogP contribution in [-0.2, 0) is 7.05 Å².